The van der Waals surface area contributed by atoms with Crippen LogP contribution in [-0.2, 0) is 13.1 Å². The van der Waals surface area contributed by atoms with E-state index < -0.39 is 5.60 Å². The Morgan fingerprint density at radius 3 is 3.08 bits per heavy atom. The van der Waals surface area contributed by atoms with E-state index in [2.05, 4.69) is 20.2 Å². The van der Waals surface area contributed by atoms with Gasteiger partial charge >= 0.3 is 0 Å². The molecule has 1 fully saturated rings. The van der Waals surface area contributed by atoms with E-state index >= 15 is 0 Å². The standard InChI is InChI=1S/C17H18FN5O2/c18-14-3-1-2-13(8-14)15-9-19-16(25-15)10-22-6-4-17(24,11-22)12-23-7-5-20-21-23/h1-3,5,7-9,24H,4,6,10-12H2. The number of nitrogens with zero attached hydrogens (tertiary/aromatic N) is 5. The van der Waals surface area contributed by atoms with Gasteiger partial charge in [-0.3, -0.25) is 4.90 Å². The summed E-state index contributed by atoms with van der Waals surface area (Å²) in [5.41, 5.74) is -0.186. The topological polar surface area (TPSA) is 80.2 Å². The van der Waals surface area contributed by atoms with Gasteiger partial charge in [-0.2, -0.15) is 0 Å². The van der Waals surface area contributed by atoms with E-state index in [1.54, 1.807) is 35.4 Å². The number of likely N-dealkylation sites (tertiary alicyclic amines) is 1. The van der Waals surface area contributed by atoms with Crippen LogP contribution in [0.2, 0.25) is 0 Å². The Morgan fingerprint density at radius 2 is 2.28 bits per heavy atom. The monoisotopic (exact) mass is 343 g/mol. The number of hydrogen-bond donors (Lipinski definition) is 1. The van der Waals surface area contributed by atoms with Crippen molar-refractivity contribution in [3.05, 3.63) is 54.6 Å². The lowest BCUT2D eigenvalue weighted by Crippen LogP contribution is -2.37. The van der Waals surface area contributed by atoms with Gasteiger partial charge in [-0.25, -0.2) is 14.1 Å². The number of hydrogen-bond acceptors (Lipinski definition) is 6. The SMILES string of the molecule is OC1(Cn2ccnn2)CCN(Cc2ncc(-c3cccc(F)c3)o2)C1. The average Bonchev–Trinajstić information content (AvgIpc) is 3.31. The zero-order valence-electron chi connectivity index (χ0n) is 13.5. The van der Waals surface area contributed by atoms with Crippen LogP contribution >= 0.6 is 0 Å². The molecular weight excluding hydrogens is 325 g/mol. The van der Waals surface area contributed by atoms with Crippen molar-refractivity contribution in [1.82, 2.24) is 24.9 Å². The van der Waals surface area contributed by atoms with Crippen LogP contribution in [0.1, 0.15) is 12.3 Å². The van der Waals surface area contributed by atoms with Crippen molar-refractivity contribution in [3.63, 3.8) is 0 Å². The van der Waals surface area contributed by atoms with Gasteiger partial charge in [0.25, 0.3) is 0 Å². The van der Waals surface area contributed by atoms with Crippen molar-refractivity contribution in [2.75, 3.05) is 13.1 Å². The summed E-state index contributed by atoms with van der Waals surface area (Å²) in [6, 6.07) is 6.22. The number of aromatic nitrogens is 4. The summed E-state index contributed by atoms with van der Waals surface area (Å²) in [5, 5.41) is 18.4. The van der Waals surface area contributed by atoms with E-state index in [4.69, 9.17) is 4.42 Å². The minimum Gasteiger partial charge on any atom is -0.439 e. The molecule has 0 aliphatic carbocycles. The van der Waals surface area contributed by atoms with Crippen LogP contribution < -0.4 is 0 Å². The van der Waals surface area contributed by atoms with Gasteiger partial charge in [-0.05, 0) is 18.6 Å². The molecule has 2 aromatic heterocycles. The molecule has 1 unspecified atom stereocenters. The summed E-state index contributed by atoms with van der Waals surface area (Å²) >= 11 is 0. The summed E-state index contributed by atoms with van der Waals surface area (Å²) in [5.74, 6) is 0.768. The van der Waals surface area contributed by atoms with Crippen LogP contribution in [0, 0.1) is 5.82 Å². The van der Waals surface area contributed by atoms with E-state index in [0.29, 0.717) is 43.3 Å². The van der Waals surface area contributed by atoms with E-state index in [9.17, 15) is 9.50 Å². The molecule has 3 aromatic rings. The van der Waals surface area contributed by atoms with Crippen LogP contribution in [0.25, 0.3) is 11.3 Å². The third kappa shape index (κ3) is 3.59. The summed E-state index contributed by atoms with van der Waals surface area (Å²) < 4.78 is 20.7. The largest absolute Gasteiger partial charge is 0.439 e. The predicted molar refractivity (Wildman–Crippen MR) is 86.8 cm³/mol. The quantitative estimate of drug-likeness (QED) is 0.760. The van der Waals surface area contributed by atoms with Gasteiger partial charge in [-0.15, -0.1) is 5.10 Å². The molecule has 1 saturated heterocycles. The fourth-order valence-corrected chi connectivity index (χ4v) is 3.17. The van der Waals surface area contributed by atoms with Gasteiger partial charge in [0.1, 0.15) is 5.82 Å². The Labute approximate surface area is 143 Å². The van der Waals surface area contributed by atoms with E-state index in [1.165, 1.54) is 12.1 Å². The van der Waals surface area contributed by atoms with E-state index in [-0.39, 0.29) is 5.82 Å². The molecule has 0 amide bonds. The minimum atomic E-state index is -0.842. The Balaban J connectivity index is 1.40. The molecule has 130 valence electrons. The molecule has 1 N–H and O–H groups in total. The molecule has 1 aliphatic heterocycles. The Hall–Kier alpha value is -2.58. The molecule has 0 saturated carbocycles. The van der Waals surface area contributed by atoms with Crippen LogP contribution in [0.5, 0.6) is 0 Å². The highest BCUT2D eigenvalue weighted by Gasteiger charge is 2.37. The zero-order valence-corrected chi connectivity index (χ0v) is 13.5. The number of halogens is 1. The van der Waals surface area contributed by atoms with Crippen molar-refractivity contribution in [2.24, 2.45) is 0 Å². The van der Waals surface area contributed by atoms with Gasteiger partial charge in [0.05, 0.1) is 31.1 Å². The molecule has 7 nitrogen and oxygen atoms in total. The third-order valence-electron chi connectivity index (χ3n) is 4.36. The first-order valence-corrected chi connectivity index (χ1v) is 8.09. The molecule has 3 heterocycles. The van der Waals surface area contributed by atoms with Gasteiger partial charge in [0.2, 0.25) is 5.89 Å². The first kappa shape index (κ1) is 15.9. The lowest BCUT2D eigenvalue weighted by atomic mass is 10.0. The van der Waals surface area contributed by atoms with Crippen LogP contribution in [0.3, 0.4) is 0 Å². The number of oxazole rings is 1. The molecule has 25 heavy (non-hydrogen) atoms. The van der Waals surface area contributed by atoms with Crippen LogP contribution in [0.4, 0.5) is 4.39 Å². The van der Waals surface area contributed by atoms with Crippen molar-refractivity contribution in [3.8, 4) is 11.3 Å². The maximum Gasteiger partial charge on any atom is 0.209 e. The van der Waals surface area contributed by atoms with Crippen molar-refractivity contribution < 1.29 is 13.9 Å². The smallest absolute Gasteiger partial charge is 0.209 e. The van der Waals surface area contributed by atoms with Crippen molar-refractivity contribution >= 4 is 0 Å². The van der Waals surface area contributed by atoms with Gasteiger partial charge in [0, 0.05) is 24.8 Å². The van der Waals surface area contributed by atoms with E-state index in [0.717, 1.165) is 6.54 Å². The molecule has 8 heteroatoms. The highest BCUT2D eigenvalue weighted by Crippen LogP contribution is 2.26. The first-order valence-electron chi connectivity index (χ1n) is 8.09. The summed E-state index contributed by atoms with van der Waals surface area (Å²) in [7, 11) is 0. The number of aliphatic hydroxyl groups is 1. The van der Waals surface area contributed by atoms with E-state index in [1.807, 2.05) is 0 Å². The Morgan fingerprint density at radius 1 is 1.36 bits per heavy atom. The number of β-amino-alcohol motifs (C(OH)–C–C–N with tert-alkyl or cyclic N) is 1. The molecule has 1 atom stereocenters. The van der Waals surface area contributed by atoms with Crippen LogP contribution in [-0.4, -0.2) is 48.7 Å². The van der Waals surface area contributed by atoms with Crippen molar-refractivity contribution in [1.29, 1.82) is 0 Å². The lowest BCUT2D eigenvalue weighted by molar-refractivity contribution is 0.0267. The molecule has 0 spiro atoms. The second kappa shape index (κ2) is 6.38. The second-order valence-electron chi connectivity index (χ2n) is 6.41. The van der Waals surface area contributed by atoms with Gasteiger partial charge in [0.15, 0.2) is 5.76 Å². The summed E-state index contributed by atoms with van der Waals surface area (Å²) in [4.78, 5) is 6.35. The van der Waals surface area contributed by atoms with Crippen molar-refractivity contribution in [2.45, 2.75) is 25.1 Å². The third-order valence-corrected chi connectivity index (χ3v) is 4.36. The normalized spacial score (nSPS) is 21.0. The predicted octanol–water partition coefficient (Wildman–Crippen LogP) is 1.71. The molecule has 1 aromatic carbocycles. The molecule has 4 rings (SSSR count). The highest BCUT2D eigenvalue weighted by molar-refractivity contribution is 5.56. The maximum atomic E-state index is 13.3. The lowest BCUT2D eigenvalue weighted by Gasteiger charge is -2.22. The Bertz CT molecular complexity index is 850. The fourth-order valence-electron chi connectivity index (χ4n) is 3.17. The summed E-state index contributed by atoms with van der Waals surface area (Å²) in [6.07, 6.45) is 5.57. The molecular formula is C17H18FN5O2. The molecule has 0 bridgehead atoms. The van der Waals surface area contributed by atoms with Gasteiger partial charge in [-0.1, -0.05) is 17.3 Å². The maximum absolute atomic E-state index is 13.3. The van der Waals surface area contributed by atoms with Gasteiger partial charge < -0.3 is 9.52 Å². The second-order valence-corrected chi connectivity index (χ2v) is 6.41. The molecule has 1 aliphatic rings. The van der Waals surface area contributed by atoms with Crippen LogP contribution in [0.15, 0.2) is 47.3 Å². The zero-order chi connectivity index (χ0) is 17.3. The number of benzene rings is 1. The summed E-state index contributed by atoms with van der Waals surface area (Å²) in [6.45, 7) is 2.14. The Kier molecular flexibility index (Phi) is 4.06. The molecule has 0 radical (unpaired) electrons. The average molecular weight is 343 g/mol. The minimum absolute atomic E-state index is 0.312. The first-order chi connectivity index (χ1) is 12.1. The highest BCUT2D eigenvalue weighted by atomic mass is 19.1. The number of rotatable bonds is 5. The fraction of sp³-hybridized carbons (Fsp3) is 0.353.